The van der Waals surface area contributed by atoms with Crippen molar-refractivity contribution in [3.63, 3.8) is 0 Å². The highest BCUT2D eigenvalue weighted by molar-refractivity contribution is 5.91. The first-order chi connectivity index (χ1) is 10.00. The van der Waals surface area contributed by atoms with Crippen LogP contribution < -0.4 is 5.73 Å². The fourth-order valence-corrected chi connectivity index (χ4v) is 1.48. The summed E-state index contributed by atoms with van der Waals surface area (Å²) in [5.41, 5.74) is 2.48. The molecule has 0 fully saturated rings. The maximum atomic E-state index is 11.6. The van der Waals surface area contributed by atoms with Crippen molar-refractivity contribution in [3.05, 3.63) is 0 Å². The van der Waals surface area contributed by atoms with Crippen LogP contribution in [0, 0.1) is 0 Å². The first kappa shape index (κ1) is 19.3. The Morgan fingerprint density at radius 2 is 1.36 bits per heavy atom. The molecule has 11 heteroatoms. The van der Waals surface area contributed by atoms with Gasteiger partial charge in [0.1, 0.15) is 6.04 Å². The van der Waals surface area contributed by atoms with E-state index in [4.69, 9.17) is 26.2 Å². The van der Waals surface area contributed by atoms with Gasteiger partial charge in [0, 0.05) is 6.42 Å². The molecule has 22 heavy (non-hydrogen) atoms. The second-order valence-corrected chi connectivity index (χ2v) is 4.40. The van der Waals surface area contributed by atoms with E-state index in [1.165, 1.54) is 0 Å². The third kappa shape index (κ3) is 6.17. The van der Waals surface area contributed by atoms with Crippen LogP contribution in [0.4, 0.5) is 0 Å². The topological polar surface area (TPSA) is 202 Å². The lowest BCUT2D eigenvalue weighted by molar-refractivity contribution is -0.187. The van der Waals surface area contributed by atoms with Gasteiger partial charge in [-0.15, -0.1) is 0 Å². The highest BCUT2D eigenvalue weighted by atomic mass is 16.6. The van der Waals surface area contributed by atoms with Gasteiger partial charge in [-0.2, -0.15) is 0 Å². The van der Waals surface area contributed by atoms with Crippen LogP contribution in [0.25, 0.3) is 0 Å². The Kier molecular flexibility index (Phi) is 6.96. The quantitative estimate of drug-likeness (QED) is 0.293. The van der Waals surface area contributed by atoms with E-state index in [0.717, 1.165) is 0 Å². The number of esters is 1. The van der Waals surface area contributed by atoms with E-state index in [9.17, 15) is 24.0 Å². The predicted molar refractivity (Wildman–Crippen MR) is 65.8 cm³/mol. The van der Waals surface area contributed by atoms with Crippen LogP contribution in [-0.4, -0.2) is 61.9 Å². The maximum absolute atomic E-state index is 11.6. The second kappa shape index (κ2) is 7.93. The monoisotopic (exact) mass is 321 g/mol. The summed E-state index contributed by atoms with van der Waals surface area (Å²) in [6.07, 6.45) is -3.46. The summed E-state index contributed by atoms with van der Waals surface area (Å²) < 4.78 is 4.50. The Labute approximate surface area is 123 Å². The first-order valence-electron chi connectivity index (χ1n) is 5.87. The van der Waals surface area contributed by atoms with Gasteiger partial charge in [0.15, 0.2) is 0 Å². The normalized spacial score (nSPS) is 12.2. The van der Waals surface area contributed by atoms with Crippen LogP contribution in [0.5, 0.6) is 0 Å². The van der Waals surface area contributed by atoms with Crippen molar-refractivity contribution in [2.24, 2.45) is 5.73 Å². The molecule has 124 valence electrons. The molecular weight excluding hydrogens is 306 g/mol. The number of carbonyl (C=O) groups excluding carboxylic acids is 1. The van der Waals surface area contributed by atoms with Crippen molar-refractivity contribution >= 4 is 29.8 Å². The summed E-state index contributed by atoms with van der Waals surface area (Å²) in [5.74, 6) is -8.02. The number of ether oxygens (including phenoxy) is 1. The van der Waals surface area contributed by atoms with Crippen LogP contribution >= 0.6 is 0 Å². The minimum Gasteiger partial charge on any atom is -0.481 e. The summed E-state index contributed by atoms with van der Waals surface area (Å²) in [6.45, 7) is 0. The fourth-order valence-electron chi connectivity index (χ4n) is 1.48. The van der Waals surface area contributed by atoms with Crippen molar-refractivity contribution in [2.45, 2.75) is 37.3 Å². The lowest BCUT2D eigenvalue weighted by Gasteiger charge is -2.27. The maximum Gasteiger partial charge on any atom is 0.349 e. The summed E-state index contributed by atoms with van der Waals surface area (Å²) in [6, 6.07) is -1.53. The molecule has 0 amide bonds. The smallest absolute Gasteiger partial charge is 0.349 e. The van der Waals surface area contributed by atoms with E-state index < -0.39 is 60.8 Å². The average molecular weight is 321 g/mol. The van der Waals surface area contributed by atoms with Crippen molar-refractivity contribution in [2.75, 3.05) is 0 Å². The Morgan fingerprint density at radius 3 is 1.68 bits per heavy atom. The van der Waals surface area contributed by atoms with Crippen LogP contribution in [0.15, 0.2) is 0 Å². The molecule has 0 unspecified atom stereocenters. The number of hydrogen-bond donors (Lipinski definition) is 5. The molecule has 6 N–H and O–H groups in total. The first-order valence-corrected chi connectivity index (χ1v) is 5.87. The molecule has 0 radical (unpaired) electrons. The van der Waals surface area contributed by atoms with Crippen molar-refractivity contribution < 1.29 is 49.1 Å². The number of aliphatic carboxylic acids is 4. The molecular formula is C11H15NO10. The largest absolute Gasteiger partial charge is 0.481 e. The lowest BCUT2D eigenvalue weighted by Crippen LogP contribution is -2.50. The van der Waals surface area contributed by atoms with Gasteiger partial charge in [0.25, 0.3) is 0 Å². The zero-order chi connectivity index (χ0) is 17.5. The van der Waals surface area contributed by atoms with Crippen LogP contribution in [0.2, 0.25) is 0 Å². The van der Waals surface area contributed by atoms with E-state index in [0.29, 0.717) is 0 Å². The SMILES string of the molecule is N[C@@H](CCC(=O)O)C(=O)OC(CC(=O)O)(CC(=O)O)C(=O)O. The summed E-state index contributed by atoms with van der Waals surface area (Å²) >= 11 is 0. The van der Waals surface area contributed by atoms with Crippen molar-refractivity contribution in [1.29, 1.82) is 0 Å². The molecule has 0 heterocycles. The molecule has 0 bridgehead atoms. The van der Waals surface area contributed by atoms with Gasteiger partial charge in [-0.3, -0.25) is 19.2 Å². The third-order valence-corrected chi connectivity index (χ3v) is 2.53. The van der Waals surface area contributed by atoms with Gasteiger partial charge < -0.3 is 30.9 Å². The Balaban J connectivity index is 5.21. The summed E-state index contributed by atoms with van der Waals surface area (Å²) in [4.78, 5) is 54.6. The van der Waals surface area contributed by atoms with Crippen molar-refractivity contribution in [1.82, 2.24) is 0 Å². The Hall–Kier alpha value is -2.69. The minimum atomic E-state index is -2.82. The molecule has 0 aromatic rings. The number of rotatable bonds is 10. The average Bonchev–Trinajstić information content (AvgIpc) is 2.33. The molecule has 0 aliphatic carbocycles. The van der Waals surface area contributed by atoms with Gasteiger partial charge in [-0.1, -0.05) is 0 Å². The highest BCUT2D eigenvalue weighted by Crippen LogP contribution is 2.23. The summed E-state index contributed by atoms with van der Waals surface area (Å²) in [7, 11) is 0. The van der Waals surface area contributed by atoms with E-state index in [-0.39, 0.29) is 6.42 Å². The van der Waals surface area contributed by atoms with E-state index in [2.05, 4.69) is 4.74 Å². The molecule has 0 spiro atoms. The lowest BCUT2D eigenvalue weighted by atomic mass is 9.95. The van der Waals surface area contributed by atoms with Crippen LogP contribution in [-0.2, 0) is 28.7 Å². The molecule has 1 atom stereocenters. The molecule has 0 aromatic heterocycles. The van der Waals surface area contributed by atoms with Crippen molar-refractivity contribution in [3.8, 4) is 0 Å². The number of carboxylic acid groups (broad SMARTS) is 4. The molecule has 0 aliphatic rings. The highest BCUT2D eigenvalue weighted by Gasteiger charge is 2.47. The Morgan fingerprint density at radius 1 is 0.909 bits per heavy atom. The minimum absolute atomic E-state index is 0.385. The number of hydrogen-bond acceptors (Lipinski definition) is 7. The van der Waals surface area contributed by atoms with Gasteiger partial charge in [-0.05, 0) is 6.42 Å². The molecule has 0 aliphatic heterocycles. The fraction of sp³-hybridized carbons (Fsp3) is 0.545. The predicted octanol–water partition coefficient (Wildman–Crippen LogP) is -1.51. The van der Waals surface area contributed by atoms with E-state index >= 15 is 0 Å². The Bertz CT molecular complexity index is 469. The van der Waals surface area contributed by atoms with Gasteiger partial charge >= 0.3 is 29.8 Å². The van der Waals surface area contributed by atoms with Gasteiger partial charge in [0.05, 0.1) is 12.8 Å². The van der Waals surface area contributed by atoms with Crippen LogP contribution in [0.3, 0.4) is 0 Å². The summed E-state index contributed by atoms with van der Waals surface area (Å²) in [5, 5.41) is 34.8. The van der Waals surface area contributed by atoms with E-state index in [1.807, 2.05) is 0 Å². The molecule has 0 saturated heterocycles. The molecule has 11 nitrogen and oxygen atoms in total. The number of carbonyl (C=O) groups is 5. The van der Waals surface area contributed by atoms with Gasteiger partial charge in [-0.25, -0.2) is 4.79 Å². The second-order valence-electron chi connectivity index (χ2n) is 4.40. The van der Waals surface area contributed by atoms with Gasteiger partial charge in [0.2, 0.25) is 5.60 Å². The molecule has 0 aromatic carbocycles. The molecule has 0 saturated carbocycles. The van der Waals surface area contributed by atoms with Crippen LogP contribution in [0.1, 0.15) is 25.7 Å². The van der Waals surface area contributed by atoms with E-state index in [1.54, 1.807) is 0 Å². The zero-order valence-electron chi connectivity index (χ0n) is 11.2. The number of nitrogens with two attached hydrogens (primary N) is 1. The zero-order valence-corrected chi connectivity index (χ0v) is 11.2. The molecule has 0 rings (SSSR count). The number of carboxylic acids is 4. The third-order valence-electron chi connectivity index (χ3n) is 2.53. The standard InChI is InChI=1S/C11H15NO10/c12-5(1-2-6(13)14)9(19)22-11(10(20)21,3-7(15)16)4-8(17)18/h5H,1-4,12H2,(H,13,14)(H,15,16)(H,17,18)(H,20,21)/t5-/m0/s1.